The molecule has 0 fully saturated rings. The molecule has 0 heterocycles. The molecule has 0 saturated carbocycles. The Labute approximate surface area is 205 Å². The fourth-order valence-electron chi connectivity index (χ4n) is 4.38. The van der Waals surface area contributed by atoms with Crippen molar-refractivity contribution in [1.29, 1.82) is 0 Å². The van der Waals surface area contributed by atoms with Gasteiger partial charge in [-0.25, -0.2) is 0 Å². The molecule has 32 heavy (non-hydrogen) atoms. The molecule has 3 rings (SSSR count). The van der Waals surface area contributed by atoms with Crippen LogP contribution < -0.4 is 0 Å². The highest BCUT2D eigenvalue weighted by molar-refractivity contribution is 6.30. The highest BCUT2D eigenvalue weighted by Gasteiger charge is 2.13. The quantitative estimate of drug-likeness (QED) is 0.232. The SMILES string of the molecule is CCCCCCc1cc(-c2ccc(Cl)cc2)c(CCCCCC)cc1-c1ccc(Cl)cc1. The topological polar surface area (TPSA) is 0 Å². The Bertz CT molecular complexity index is 874. The van der Waals surface area contributed by atoms with Crippen molar-refractivity contribution in [3.05, 3.63) is 81.8 Å². The summed E-state index contributed by atoms with van der Waals surface area (Å²) in [5, 5.41) is 1.58. The van der Waals surface area contributed by atoms with E-state index in [1.165, 1.54) is 84.7 Å². The second-order valence-electron chi connectivity index (χ2n) is 8.80. The maximum absolute atomic E-state index is 6.19. The average Bonchev–Trinajstić information content (AvgIpc) is 2.81. The first-order valence-electron chi connectivity index (χ1n) is 12.3. The number of halogens is 2. The minimum atomic E-state index is 0.788. The van der Waals surface area contributed by atoms with Gasteiger partial charge in [0.2, 0.25) is 0 Å². The minimum Gasteiger partial charge on any atom is -0.0843 e. The van der Waals surface area contributed by atoms with Gasteiger partial charge in [-0.2, -0.15) is 0 Å². The summed E-state index contributed by atoms with van der Waals surface area (Å²) in [5.41, 5.74) is 8.12. The molecule has 0 N–H and O–H groups in total. The van der Waals surface area contributed by atoms with Crippen LogP contribution in [0.5, 0.6) is 0 Å². The number of rotatable bonds is 12. The molecule has 0 atom stereocenters. The third-order valence-corrected chi connectivity index (χ3v) is 6.74. The molecule has 0 spiro atoms. The van der Waals surface area contributed by atoms with Gasteiger partial charge < -0.3 is 0 Å². The molecule has 0 nitrogen and oxygen atoms in total. The van der Waals surface area contributed by atoms with Gasteiger partial charge in [0.25, 0.3) is 0 Å². The van der Waals surface area contributed by atoms with E-state index in [2.05, 4.69) is 50.2 Å². The van der Waals surface area contributed by atoms with Gasteiger partial charge in [0, 0.05) is 10.0 Å². The van der Waals surface area contributed by atoms with E-state index in [1.54, 1.807) is 0 Å². The van der Waals surface area contributed by atoms with Gasteiger partial charge in [0.1, 0.15) is 0 Å². The lowest BCUT2D eigenvalue weighted by Crippen LogP contribution is -1.98. The van der Waals surface area contributed by atoms with Crippen LogP contribution in [-0.2, 0) is 12.8 Å². The van der Waals surface area contributed by atoms with Gasteiger partial charge in [-0.15, -0.1) is 0 Å². The average molecular weight is 468 g/mol. The molecular weight excluding hydrogens is 431 g/mol. The second-order valence-corrected chi connectivity index (χ2v) is 9.67. The van der Waals surface area contributed by atoms with Crippen LogP contribution in [0.2, 0.25) is 10.0 Å². The molecule has 0 radical (unpaired) electrons. The maximum Gasteiger partial charge on any atom is 0.0406 e. The van der Waals surface area contributed by atoms with Crippen molar-refractivity contribution in [1.82, 2.24) is 0 Å². The molecule has 0 aliphatic rings. The molecular formula is C30H36Cl2. The van der Waals surface area contributed by atoms with Crippen molar-refractivity contribution in [3.8, 4) is 22.3 Å². The summed E-state index contributed by atoms with van der Waals surface area (Å²) in [6, 6.07) is 21.6. The van der Waals surface area contributed by atoms with Gasteiger partial charge in [-0.3, -0.25) is 0 Å². The van der Waals surface area contributed by atoms with Crippen LogP contribution in [0.15, 0.2) is 60.7 Å². The Morgan fingerprint density at radius 1 is 0.500 bits per heavy atom. The normalized spacial score (nSPS) is 11.1. The van der Waals surface area contributed by atoms with Crippen molar-refractivity contribution in [2.24, 2.45) is 0 Å². The molecule has 170 valence electrons. The fourth-order valence-corrected chi connectivity index (χ4v) is 4.64. The summed E-state index contributed by atoms with van der Waals surface area (Å²) in [4.78, 5) is 0. The Hall–Kier alpha value is -1.76. The summed E-state index contributed by atoms with van der Waals surface area (Å²) in [6.07, 6.45) is 12.4. The van der Waals surface area contributed by atoms with Crippen molar-refractivity contribution < 1.29 is 0 Å². The van der Waals surface area contributed by atoms with E-state index in [1.807, 2.05) is 24.3 Å². The molecule has 0 aliphatic heterocycles. The van der Waals surface area contributed by atoms with Crippen molar-refractivity contribution in [2.75, 3.05) is 0 Å². The van der Waals surface area contributed by atoms with Crippen LogP contribution >= 0.6 is 23.2 Å². The molecule has 0 unspecified atom stereocenters. The third-order valence-electron chi connectivity index (χ3n) is 6.24. The number of hydrogen-bond acceptors (Lipinski definition) is 0. The van der Waals surface area contributed by atoms with Crippen LogP contribution in [0.3, 0.4) is 0 Å². The first kappa shape index (κ1) is 24.9. The molecule has 0 aliphatic carbocycles. The van der Waals surface area contributed by atoms with Crippen molar-refractivity contribution in [2.45, 2.75) is 78.1 Å². The molecule has 2 heteroatoms. The predicted octanol–water partition coefficient (Wildman–Crippen LogP) is 10.6. The summed E-state index contributed by atoms with van der Waals surface area (Å²) in [7, 11) is 0. The first-order valence-corrected chi connectivity index (χ1v) is 13.1. The largest absolute Gasteiger partial charge is 0.0843 e. The van der Waals surface area contributed by atoms with Crippen molar-refractivity contribution >= 4 is 23.2 Å². The smallest absolute Gasteiger partial charge is 0.0406 e. The van der Waals surface area contributed by atoms with Gasteiger partial charge in [0.15, 0.2) is 0 Å². The van der Waals surface area contributed by atoms with Crippen LogP contribution in [-0.4, -0.2) is 0 Å². The minimum absolute atomic E-state index is 0.788. The third kappa shape index (κ3) is 7.12. The first-order chi connectivity index (χ1) is 15.6. The summed E-state index contributed by atoms with van der Waals surface area (Å²) >= 11 is 12.4. The number of aryl methyl sites for hydroxylation is 2. The lowest BCUT2D eigenvalue weighted by atomic mass is 9.87. The fraction of sp³-hybridized carbons (Fsp3) is 0.400. The van der Waals surface area contributed by atoms with Crippen molar-refractivity contribution in [3.63, 3.8) is 0 Å². The molecule has 0 bridgehead atoms. The Balaban J connectivity index is 2.04. The second kappa shape index (κ2) is 13.1. The Morgan fingerprint density at radius 2 is 0.875 bits per heavy atom. The zero-order valence-corrected chi connectivity index (χ0v) is 21.1. The number of hydrogen-bond donors (Lipinski definition) is 0. The van der Waals surface area contributed by atoms with E-state index >= 15 is 0 Å². The van der Waals surface area contributed by atoms with Gasteiger partial charge >= 0.3 is 0 Å². The Morgan fingerprint density at radius 3 is 1.22 bits per heavy atom. The Kier molecular flexibility index (Phi) is 10.2. The maximum atomic E-state index is 6.19. The van der Waals surface area contributed by atoms with Gasteiger partial charge in [-0.1, -0.05) is 112 Å². The van der Waals surface area contributed by atoms with E-state index < -0.39 is 0 Å². The van der Waals surface area contributed by atoms with E-state index in [0.717, 1.165) is 22.9 Å². The molecule has 3 aromatic carbocycles. The van der Waals surface area contributed by atoms with Crippen LogP contribution in [0.4, 0.5) is 0 Å². The standard InChI is InChI=1S/C30H36Cl2/c1-3-5-7-9-11-25-21-30(24-15-19-28(32)20-16-24)26(12-10-8-6-4-2)22-29(25)23-13-17-27(31)18-14-23/h13-22H,3-12H2,1-2H3. The van der Waals surface area contributed by atoms with Crippen LogP contribution in [0.25, 0.3) is 22.3 Å². The summed E-state index contributed by atoms with van der Waals surface area (Å²) in [5.74, 6) is 0. The summed E-state index contributed by atoms with van der Waals surface area (Å²) < 4.78 is 0. The van der Waals surface area contributed by atoms with Gasteiger partial charge in [0.05, 0.1) is 0 Å². The zero-order chi connectivity index (χ0) is 22.8. The van der Waals surface area contributed by atoms with Crippen LogP contribution in [0.1, 0.15) is 76.3 Å². The number of unbranched alkanes of at least 4 members (excludes halogenated alkanes) is 6. The predicted molar refractivity (Wildman–Crippen MR) is 143 cm³/mol. The van der Waals surface area contributed by atoms with E-state index in [0.29, 0.717) is 0 Å². The molecule has 0 saturated heterocycles. The number of benzene rings is 3. The monoisotopic (exact) mass is 466 g/mol. The highest BCUT2D eigenvalue weighted by Crippen LogP contribution is 2.35. The van der Waals surface area contributed by atoms with Gasteiger partial charge in [-0.05, 0) is 83.3 Å². The summed E-state index contributed by atoms with van der Waals surface area (Å²) in [6.45, 7) is 4.54. The molecule has 0 aromatic heterocycles. The zero-order valence-electron chi connectivity index (χ0n) is 19.6. The van der Waals surface area contributed by atoms with E-state index in [9.17, 15) is 0 Å². The highest BCUT2D eigenvalue weighted by atomic mass is 35.5. The van der Waals surface area contributed by atoms with Crippen LogP contribution in [0, 0.1) is 0 Å². The lowest BCUT2D eigenvalue weighted by molar-refractivity contribution is 0.664. The molecule has 0 amide bonds. The van der Waals surface area contributed by atoms with E-state index in [-0.39, 0.29) is 0 Å². The lowest BCUT2D eigenvalue weighted by Gasteiger charge is -2.18. The van der Waals surface area contributed by atoms with E-state index in [4.69, 9.17) is 23.2 Å². The molecule has 3 aromatic rings.